The fraction of sp³-hybridized carbons (Fsp3) is 0.846. The van der Waals surface area contributed by atoms with Crippen molar-refractivity contribution < 1.29 is 29.2 Å². The van der Waals surface area contributed by atoms with Crippen molar-refractivity contribution >= 4 is 0 Å². The van der Waals surface area contributed by atoms with E-state index >= 15 is 0 Å². The molecule has 2 fully saturated rings. The topological polar surface area (TPSA) is 77.4 Å². The first-order chi connectivity index (χ1) is 8.68. The molecule has 0 unspecified atom stereocenters. The predicted molar refractivity (Wildman–Crippen MR) is 66.4 cm³/mol. The van der Waals surface area contributed by atoms with Gasteiger partial charge in [-0.15, -0.1) is 0 Å². The van der Waals surface area contributed by atoms with Crippen LogP contribution in [0.25, 0.3) is 0 Å². The molecule has 2 saturated heterocycles. The summed E-state index contributed by atoms with van der Waals surface area (Å²) in [6.45, 7) is 8.93. The van der Waals surface area contributed by atoms with Gasteiger partial charge in [-0.3, -0.25) is 0 Å². The maximum absolute atomic E-state index is 11.0. The fourth-order valence-electron chi connectivity index (χ4n) is 2.79. The Morgan fingerprint density at radius 3 is 2.42 bits per heavy atom. The van der Waals surface area contributed by atoms with Crippen LogP contribution in [0.1, 0.15) is 20.8 Å². The third kappa shape index (κ3) is 2.03. The average Bonchev–Trinajstić information content (AvgIpc) is 2.62. The maximum atomic E-state index is 11.0. The Morgan fingerprint density at radius 2 is 2.00 bits per heavy atom. The molecule has 110 valence electrons. The first kappa shape index (κ1) is 14.9. The molecular formula is C13H22O6. The molecule has 6 heteroatoms. The minimum absolute atomic E-state index is 0.00641. The number of hydrogen-bond acceptors (Lipinski definition) is 6. The van der Waals surface area contributed by atoms with Gasteiger partial charge in [0.25, 0.3) is 0 Å². The zero-order valence-electron chi connectivity index (χ0n) is 11.8. The standard InChI is InChI=1S/C13H22O6/c1-8(2)13(15)10(16-5)9(14)6-17-12(13)7-18-11(3,4)19-12/h9-10,14-15H,1,6-7H2,2-5H3/t9-,10-,12+,13-/m1/s1. The van der Waals surface area contributed by atoms with E-state index in [1.807, 2.05) is 0 Å². The summed E-state index contributed by atoms with van der Waals surface area (Å²) in [5, 5.41) is 21.0. The van der Waals surface area contributed by atoms with Crippen molar-refractivity contribution in [2.45, 2.75) is 50.2 Å². The van der Waals surface area contributed by atoms with Gasteiger partial charge in [0.2, 0.25) is 5.79 Å². The van der Waals surface area contributed by atoms with Gasteiger partial charge in [0.1, 0.15) is 18.8 Å². The molecule has 2 aliphatic rings. The van der Waals surface area contributed by atoms with E-state index in [9.17, 15) is 10.2 Å². The Kier molecular flexibility index (Phi) is 3.54. The summed E-state index contributed by atoms with van der Waals surface area (Å²) in [6, 6.07) is 0. The zero-order chi connectivity index (χ0) is 14.5. The molecule has 0 amide bonds. The van der Waals surface area contributed by atoms with Crippen molar-refractivity contribution in [3.05, 3.63) is 12.2 Å². The molecule has 2 N–H and O–H groups in total. The lowest BCUT2D eigenvalue weighted by molar-refractivity contribution is -0.368. The summed E-state index contributed by atoms with van der Waals surface area (Å²) in [5.41, 5.74) is -1.30. The van der Waals surface area contributed by atoms with Crippen LogP contribution in [0.15, 0.2) is 12.2 Å². The van der Waals surface area contributed by atoms with Crippen LogP contribution in [0.4, 0.5) is 0 Å². The Bertz CT molecular complexity index is 381. The lowest BCUT2D eigenvalue weighted by Crippen LogP contribution is -2.72. The highest BCUT2D eigenvalue weighted by Crippen LogP contribution is 2.48. The van der Waals surface area contributed by atoms with Crippen LogP contribution in [0.5, 0.6) is 0 Å². The first-order valence-corrected chi connectivity index (χ1v) is 6.26. The third-order valence-electron chi connectivity index (χ3n) is 3.75. The SMILES string of the molecule is C=C(C)[C@@]1(O)[C@H](OC)[C@H](O)CO[C@]12COC(C)(C)O2. The van der Waals surface area contributed by atoms with E-state index in [0.717, 1.165) is 0 Å². The summed E-state index contributed by atoms with van der Waals surface area (Å²) in [4.78, 5) is 0. The molecule has 2 aliphatic heterocycles. The van der Waals surface area contributed by atoms with Crippen LogP contribution < -0.4 is 0 Å². The second-order valence-corrected chi connectivity index (χ2v) is 5.62. The molecule has 2 heterocycles. The van der Waals surface area contributed by atoms with Crippen molar-refractivity contribution in [1.82, 2.24) is 0 Å². The summed E-state index contributed by atoms with van der Waals surface area (Å²) in [7, 11) is 1.42. The van der Waals surface area contributed by atoms with Gasteiger partial charge in [-0.1, -0.05) is 6.58 Å². The van der Waals surface area contributed by atoms with E-state index in [-0.39, 0.29) is 13.2 Å². The summed E-state index contributed by atoms with van der Waals surface area (Å²) >= 11 is 0. The second kappa shape index (κ2) is 4.51. The van der Waals surface area contributed by atoms with E-state index in [1.54, 1.807) is 20.8 Å². The molecule has 0 aromatic heterocycles. The van der Waals surface area contributed by atoms with Crippen LogP contribution >= 0.6 is 0 Å². The lowest BCUT2D eigenvalue weighted by Gasteiger charge is -2.52. The molecule has 19 heavy (non-hydrogen) atoms. The monoisotopic (exact) mass is 274 g/mol. The van der Waals surface area contributed by atoms with Gasteiger partial charge in [-0.05, 0) is 26.3 Å². The Hall–Kier alpha value is -0.500. The number of aliphatic hydroxyl groups is 2. The number of rotatable bonds is 2. The molecule has 6 nitrogen and oxygen atoms in total. The largest absolute Gasteiger partial charge is 0.388 e. The fourth-order valence-corrected chi connectivity index (χ4v) is 2.79. The highest BCUT2D eigenvalue weighted by molar-refractivity contribution is 5.24. The number of methoxy groups -OCH3 is 1. The number of ether oxygens (including phenoxy) is 4. The molecule has 0 aromatic rings. The minimum Gasteiger partial charge on any atom is -0.388 e. The molecule has 0 saturated carbocycles. The minimum atomic E-state index is -1.69. The molecule has 0 aliphatic carbocycles. The van der Waals surface area contributed by atoms with E-state index in [4.69, 9.17) is 18.9 Å². The average molecular weight is 274 g/mol. The molecule has 0 bridgehead atoms. The summed E-state index contributed by atoms with van der Waals surface area (Å²) in [5.74, 6) is -2.30. The normalized spacial score (nSPS) is 45.6. The number of aliphatic hydroxyl groups excluding tert-OH is 1. The van der Waals surface area contributed by atoms with Gasteiger partial charge in [0.05, 0.1) is 6.61 Å². The van der Waals surface area contributed by atoms with Crippen LogP contribution in [0.3, 0.4) is 0 Å². The van der Waals surface area contributed by atoms with Crippen molar-refractivity contribution in [2.24, 2.45) is 0 Å². The lowest BCUT2D eigenvalue weighted by atomic mass is 9.77. The van der Waals surface area contributed by atoms with Gasteiger partial charge < -0.3 is 29.2 Å². The van der Waals surface area contributed by atoms with E-state index < -0.39 is 29.4 Å². The van der Waals surface area contributed by atoms with Crippen LogP contribution in [-0.2, 0) is 18.9 Å². The predicted octanol–water partition coefficient (Wildman–Crippen LogP) is 0.179. The maximum Gasteiger partial charge on any atom is 0.231 e. The molecular weight excluding hydrogens is 252 g/mol. The van der Waals surface area contributed by atoms with Gasteiger partial charge in [-0.25, -0.2) is 0 Å². The van der Waals surface area contributed by atoms with Gasteiger partial charge in [0.15, 0.2) is 11.4 Å². The van der Waals surface area contributed by atoms with E-state index in [1.165, 1.54) is 7.11 Å². The van der Waals surface area contributed by atoms with Crippen LogP contribution in [0.2, 0.25) is 0 Å². The Balaban J connectivity index is 2.46. The van der Waals surface area contributed by atoms with E-state index in [0.29, 0.717) is 5.57 Å². The van der Waals surface area contributed by atoms with Gasteiger partial charge in [0, 0.05) is 7.11 Å². The van der Waals surface area contributed by atoms with E-state index in [2.05, 4.69) is 6.58 Å². The van der Waals surface area contributed by atoms with Crippen molar-refractivity contribution in [1.29, 1.82) is 0 Å². The quantitative estimate of drug-likeness (QED) is 0.699. The molecule has 0 aromatic carbocycles. The summed E-state index contributed by atoms with van der Waals surface area (Å²) < 4.78 is 22.2. The van der Waals surface area contributed by atoms with Crippen LogP contribution in [0, 0.1) is 0 Å². The smallest absolute Gasteiger partial charge is 0.231 e. The van der Waals surface area contributed by atoms with Crippen molar-refractivity contribution in [2.75, 3.05) is 20.3 Å². The Labute approximate surface area is 112 Å². The molecule has 4 atom stereocenters. The molecule has 0 radical (unpaired) electrons. The first-order valence-electron chi connectivity index (χ1n) is 6.26. The second-order valence-electron chi connectivity index (χ2n) is 5.62. The van der Waals surface area contributed by atoms with Crippen molar-refractivity contribution in [3.63, 3.8) is 0 Å². The third-order valence-corrected chi connectivity index (χ3v) is 3.75. The highest BCUT2D eigenvalue weighted by Gasteiger charge is 2.68. The summed E-state index contributed by atoms with van der Waals surface area (Å²) in [6.07, 6.45) is -1.86. The highest BCUT2D eigenvalue weighted by atomic mass is 16.8. The van der Waals surface area contributed by atoms with Crippen molar-refractivity contribution in [3.8, 4) is 0 Å². The van der Waals surface area contributed by atoms with Crippen LogP contribution in [-0.4, -0.2) is 59.9 Å². The Morgan fingerprint density at radius 1 is 1.37 bits per heavy atom. The van der Waals surface area contributed by atoms with Gasteiger partial charge >= 0.3 is 0 Å². The molecule has 1 spiro atoms. The zero-order valence-corrected chi connectivity index (χ0v) is 11.8. The number of hydrogen-bond donors (Lipinski definition) is 2. The molecule has 2 rings (SSSR count). The van der Waals surface area contributed by atoms with Gasteiger partial charge in [-0.2, -0.15) is 0 Å².